The molecular weight excluding hydrogens is 276 g/mol. The second-order valence-electron chi connectivity index (χ2n) is 5.02. The number of amides is 1. The van der Waals surface area contributed by atoms with Crippen LogP contribution in [-0.2, 0) is 11.2 Å². The molecule has 4 nitrogen and oxygen atoms in total. The monoisotopic (exact) mass is 298 g/mol. The normalized spacial score (nSPS) is 10.2. The van der Waals surface area contributed by atoms with E-state index < -0.39 is 0 Å². The topological polar surface area (TPSA) is 50.4 Å². The first-order valence-electron chi connectivity index (χ1n) is 7.46. The van der Waals surface area contributed by atoms with Gasteiger partial charge in [0.25, 0.3) is 0 Å². The van der Waals surface area contributed by atoms with Crippen molar-refractivity contribution >= 4 is 11.6 Å². The number of ether oxygens (including phenoxy) is 1. The SMILES string of the molecule is COc1cccc(NC(=O)CCNCCc2ccccc2)c1. The molecule has 0 unspecified atom stereocenters. The van der Waals surface area contributed by atoms with E-state index in [9.17, 15) is 4.79 Å². The highest BCUT2D eigenvalue weighted by atomic mass is 16.5. The largest absolute Gasteiger partial charge is 0.497 e. The minimum Gasteiger partial charge on any atom is -0.497 e. The van der Waals surface area contributed by atoms with Gasteiger partial charge in [0.15, 0.2) is 0 Å². The summed E-state index contributed by atoms with van der Waals surface area (Å²) in [6.07, 6.45) is 1.42. The first-order chi connectivity index (χ1) is 10.8. The molecule has 0 spiro atoms. The van der Waals surface area contributed by atoms with Crippen molar-refractivity contribution in [1.29, 1.82) is 0 Å². The number of hydrogen-bond acceptors (Lipinski definition) is 3. The molecule has 0 heterocycles. The average molecular weight is 298 g/mol. The first kappa shape index (κ1) is 16.0. The summed E-state index contributed by atoms with van der Waals surface area (Å²) >= 11 is 0. The second kappa shape index (κ2) is 8.85. The van der Waals surface area contributed by atoms with Crippen LogP contribution >= 0.6 is 0 Å². The van der Waals surface area contributed by atoms with Crippen LogP contribution in [0.3, 0.4) is 0 Å². The number of anilines is 1. The summed E-state index contributed by atoms with van der Waals surface area (Å²) < 4.78 is 5.13. The minimum atomic E-state index is 0.000430. The van der Waals surface area contributed by atoms with Gasteiger partial charge in [-0.1, -0.05) is 36.4 Å². The summed E-state index contributed by atoms with van der Waals surface area (Å²) in [6, 6.07) is 17.7. The standard InChI is InChI=1S/C18H22N2O2/c1-22-17-9-5-8-16(14-17)20-18(21)11-13-19-12-10-15-6-3-2-4-7-15/h2-9,14,19H,10-13H2,1H3,(H,20,21). The number of methoxy groups -OCH3 is 1. The minimum absolute atomic E-state index is 0.000430. The molecule has 116 valence electrons. The maximum Gasteiger partial charge on any atom is 0.225 e. The highest BCUT2D eigenvalue weighted by Gasteiger charge is 2.03. The Balaban J connectivity index is 1.63. The van der Waals surface area contributed by atoms with Crippen LogP contribution in [0.25, 0.3) is 0 Å². The Morgan fingerprint density at radius 1 is 1.05 bits per heavy atom. The summed E-state index contributed by atoms with van der Waals surface area (Å²) in [5, 5.41) is 6.15. The van der Waals surface area contributed by atoms with Gasteiger partial charge < -0.3 is 15.4 Å². The van der Waals surface area contributed by atoms with Crippen LogP contribution in [-0.4, -0.2) is 26.1 Å². The lowest BCUT2D eigenvalue weighted by Crippen LogP contribution is -2.23. The molecule has 2 aromatic carbocycles. The zero-order chi connectivity index (χ0) is 15.6. The molecule has 2 aromatic rings. The molecule has 0 aliphatic carbocycles. The van der Waals surface area contributed by atoms with Crippen LogP contribution in [0.5, 0.6) is 5.75 Å². The Bertz CT molecular complexity index is 585. The van der Waals surface area contributed by atoms with E-state index >= 15 is 0 Å². The van der Waals surface area contributed by atoms with E-state index in [2.05, 4.69) is 22.8 Å². The van der Waals surface area contributed by atoms with E-state index in [1.54, 1.807) is 13.2 Å². The van der Waals surface area contributed by atoms with Crippen molar-refractivity contribution in [2.45, 2.75) is 12.8 Å². The van der Waals surface area contributed by atoms with Crippen LogP contribution in [0, 0.1) is 0 Å². The fraction of sp³-hybridized carbons (Fsp3) is 0.278. The molecule has 22 heavy (non-hydrogen) atoms. The van der Waals surface area contributed by atoms with Gasteiger partial charge in [0.2, 0.25) is 5.91 Å². The number of rotatable bonds is 8. The maximum absolute atomic E-state index is 11.9. The molecule has 0 aliphatic rings. The number of nitrogens with one attached hydrogen (secondary N) is 2. The van der Waals surface area contributed by atoms with E-state index in [0.29, 0.717) is 13.0 Å². The molecule has 0 aromatic heterocycles. The molecule has 0 fully saturated rings. The van der Waals surface area contributed by atoms with Crippen LogP contribution in [0.4, 0.5) is 5.69 Å². The lowest BCUT2D eigenvalue weighted by Gasteiger charge is -2.08. The van der Waals surface area contributed by atoms with E-state index in [0.717, 1.165) is 24.4 Å². The Hall–Kier alpha value is -2.33. The summed E-state index contributed by atoms with van der Waals surface area (Å²) in [5.74, 6) is 0.735. The molecule has 0 aliphatic heterocycles. The maximum atomic E-state index is 11.9. The Morgan fingerprint density at radius 3 is 2.64 bits per heavy atom. The van der Waals surface area contributed by atoms with Crippen LogP contribution in [0.2, 0.25) is 0 Å². The van der Waals surface area contributed by atoms with Gasteiger partial charge in [-0.2, -0.15) is 0 Å². The lowest BCUT2D eigenvalue weighted by atomic mass is 10.1. The van der Waals surface area contributed by atoms with Crippen molar-refractivity contribution in [2.24, 2.45) is 0 Å². The molecule has 4 heteroatoms. The van der Waals surface area contributed by atoms with Gasteiger partial charge in [0.1, 0.15) is 5.75 Å². The van der Waals surface area contributed by atoms with Crippen LogP contribution < -0.4 is 15.4 Å². The van der Waals surface area contributed by atoms with Gasteiger partial charge in [-0.05, 0) is 30.7 Å². The van der Waals surface area contributed by atoms with Gasteiger partial charge in [0.05, 0.1) is 7.11 Å². The summed E-state index contributed by atoms with van der Waals surface area (Å²) in [7, 11) is 1.61. The summed E-state index contributed by atoms with van der Waals surface area (Å²) in [5.41, 5.74) is 2.06. The third-order valence-electron chi connectivity index (χ3n) is 3.32. The molecule has 0 saturated carbocycles. The average Bonchev–Trinajstić information content (AvgIpc) is 2.55. The van der Waals surface area contributed by atoms with Gasteiger partial charge in [0, 0.05) is 24.7 Å². The van der Waals surface area contributed by atoms with Crippen molar-refractivity contribution in [1.82, 2.24) is 5.32 Å². The van der Waals surface area contributed by atoms with Crippen LogP contribution in [0.15, 0.2) is 54.6 Å². The zero-order valence-corrected chi connectivity index (χ0v) is 12.8. The zero-order valence-electron chi connectivity index (χ0n) is 12.8. The van der Waals surface area contributed by atoms with Crippen molar-refractivity contribution in [3.63, 3.8) is 0 Å². The predicted octanol–water partition coefficient (Wildman–Crippen LogP) is 2.86. The van der Waals surface area contributed by atoms with Crippen molar-refractivity contribution < 1.29 is 9.53 Å². The molecule has 0 bridgehead atoms. The van der Waals surface area contributed by atoms with Gasteiger partial charge in [-0.3, -0.25) is 4.79 Å². The highest BCUT2D eigenvalue weighted by molar-refractivity contribution is 5.90. The Kier molecular flexibility index (Phi) is 6.45. The molecular formula is C18H22N2O2. The summed E-state index contributed by atoms with van der Waals surface area (Å²) in [6.45, 7) is 1.54. The number of carbonyl (C=O) groups is 1. The lowest BCUT2D eigenvalue weighted by molar-refractivity contribution is -0.116. The molecule has 2 N–H and O–H groups in total. The van der Waals surface area contributed by atoms with Crippen LogP contribution in [0.1, 0.15) is 12.0 Å². The van der Waals surface area contributed by atoms with E-state index in [4.69, 9.17) is 4.74 Å². The van der Waals surface area contributed by atoms with Gasteiger partial charge in [-0.25, -0.2) is 0 Å². The number of benzene rings is 2. The summed E-state index contributed by atoms with van der Waals surface area (Å²) in [4.78, 5) is 11.9. The van der Waals surface area contributed by atoms with Gasteiger partial charge >= 0.3 is 0 Å². The Labute approximate surface area is 131 Å². The van der Waals surface area contributed by atoms with Crippen molar-refractivity contribution in [3.8, 4) is 5.75 Å². The first-order valence-corrected chi connectivity index (χ1v) is 7.46. The van der Waals surface area contributed by atoms with Crippen molar-refractivity contribution in [2.75, 3.05) is 25.5 Å². The van der Waals surface area contributed by atoms with E-state index in [1.807, 2.05) is 36.4 Å². The van der Waals surface area contributed by atoms with Crippen molar-refractivity contribution in [3.05, 3.63) is 60.2 Å². The number of hydrogen-bond donors (Lipinski definition) is 2. The second-order valence-corrected chi connectivity index (χ2v) is 5.02. The fourth-order valence-corrected chi connectivity index (χ4v) is 2.13. The van der Waals surface area contributed by atoms with E-state index in [1.165, 1.54) is 5.56 Å². The molecule has 0 radical (unpaired) electrons. The third kappa shape index (κ3) is 5.58. The Morgan fingerprint density at radius 2 is 1.86 bits per heavy atom. The molecule has 1 amide bonds. The molecule has 0 saturated heterocycles. The molecule has 0 atom stereocenters. The smallest absolute Gasteiger partial charge is 0.225 e. The fourth-order valence-electron chi connectivity index (χ4n) is 2.13. The third-order valence-corrected chi connectivity index (χ3v) is 3.32. The number of carbonyl (C=O) groups excluding carboxylic acids is 1. The quantitative estimate of drug-likeness (QED) is 0.737. The highest BCUT2D eigenvalue weighted by Crippen LogP contribution is 2.16. The van der Waals surface area contributed by atoms with E-state index in [-0.39, 0.29) is 5.91 Å². The molecule has 2 rings (SSSR count). The predicted molar refractivity (Wildman–Crippen MR) is 89.3 cm³/mol. The van der Waals surface area contributed by atoms with Gasteiger partial charge in [-0.15, -0.1) is 0 Å².